The molecule has 1 aromatic heterocycles. The van der Waals surface area contributed by atoms with Crippen LogP contribution in [0.5, 0.6) is 0 Å². The number of H-pyrrole nitrogens is 1. The highest BCUT2D eigenvalue weighted by atomic mass is 35.5. The molecule has 1 saturated carbocycles. The molecular formula is C17H19ClFN3O. The van der Waals surface area contributed by atoms with Crippen molar-refractivity contribution in [1.82, 2.24) is 15.2 Å². The summed E-state index contributed by atoms with van der Waals surface area (Å²) in [6, 6.07) is 3.58. The number of likely N-dealkylation sites (tertiary alicyclic amines) is 1. The van der Waals surface area contributed by atoms with Gasteiger partial charge in [-0.05, 0) is 44.4 Å². The average molecular weight is 336 g/mol. The predicted molar refractivity (Wildman–Crippen MR) is 87.8 cm³/mol. The molecule has 4 rings (SSSR count). The van der Waals surface area contributed by atoms with Gasteiger partial charge >= 0.3 is 0 Å². The fourth-order valence-electron chi connectivity index (χ4n) is 4.18. The summed E-state index contributed by atoms with van der Waals surface area (Å²) < 4.78 is 14.2. The van der Waals surface area contributed by atoms with Crippen molar-refractivity contribution in [2.75, 3.05) is 7.05 Å². The average Bonchev–Trinajstić information content (AvgIpc) is 3.20. The van der Waals surface area contributed by atoms with Gasteiger partial charge in [0.05, 0.1) is 11.1 Å². The van der Waals surface area contributed by atoms with Crippen LogP contribution in [0.25, 0.3) is 10.9 Å². The van der Waals surface area contributed by atoms with Crippen LogP contribution in [-0.4, -0.2) is 34.9 Å². The van der Waals surface area contributed by atoms with Gasteiger partial charge in [-0.3, -0.25) is 9.69 Å². The largest absolute Gasteiger partial charge is 0.360 e. The Bertz CT molecular complexity index is 773. The van der Waals surface area contributed by atoms with Crippen LogP contribution in [0.4, 0.5) is 4.39 Å². The molecule has 1 saturated heterocycles. The molecule has 6 heteroatoms. The third-order valence-electron chi connectivity index (χ3n) is 5.43. The van der Waals surface area contributed by atoms with E-state index in [0.717, 1.165) is 18.2 Å². The molecule has 23 heavy (non-hydrogen) atoms. The van der Waals surface area contributed by atoms with E-state index in [-0.39, 0.29) is 24.3 Å². The summed E-state index contributed by atoms with van der Waals surface area (Å²) in [5.41, 5.74) is 1.12. The van der Waals surface area contributed by atoms with Crippen LogP contribution in [0.15, 0.2) is 18.3 Å². The number of hydrogen-bond donors (Lipinski definition) is 2. The number of hydrogen-bond acceptors (Lipinski definition) is 2. The van der Waals surface area contributed by atoms with Crippen LogP contribution in [0.1, 0.15) is 24.8 Å². The maximum Gasteiger partial charge on any atom is 0.237 e. The maximum atomic E-state index is 14.2. The van der Waals surface area contributed by atoms with Crippen LogP contribution in [0.3, 0.4) is 0 Å². The first kappa shape index (κ1) is 15.0. The number of fused-ring (bicyclic) bond motifs is 3. The van der Waals surface area contributed by atoms with E-state index in [4.69, 9.17) is 11.6 Å². The summed E-state index contributed by atoms with van der Waals surface area (Å²) in [5, 5.41) is 4.23. The highest BCUT2D eigenvalue weighted by molar-refractivity contribution is 6.35. The second-order valence-electron chi connectivity index (χ2n) is 6.68. The summed E-state index contributed by atoms with van der Waals surface area (Å²) in [6.45, 7) is 0.184. The Morgan fingerprint density at radius 1 is 1.48 bits per heavy atom. The van der Waals surface area contributed by atoms with Crippen LogP contribution in [-0.2, 0) is 11.3 Å². The van der Waals surface area contributed by atoms with Crippen LogP contribution >= 0.6 is 11.6 Å². The molecule has 4 nitrogen and oxygen atoms in total. The molecule has 3 unspecified atom stereocenters. The van der Waals surface area contributed by atoms with E-state index < -0.39 is 0 Å². The van der Waals surface area contributed by atoms with Crippen LogP contribution < -0.4 is 5.32 Å². The molecule has 2 aromatic rings. The van der Waals surface area contributed by atoms with E-state index in [1.807, 2.05) is 7.05 Å². The molecule has 2 heterocycles. The first-order valence-electron chi connectivity index (χ1n) is 7.99. The molecule has 0 spiro atoms. The number of carbonyl (C=O) groups excluding carboxylic acids is 1. The Morgan fingerprint density at radius 2 is 2.30 bits per heavy atom. The van der Waals surface area contributed by atoms with Gasteiger partial charge in [-0.25, -0.2) is 4.39 Å². The quantitative estimate of drug-likeness (QED) is 0.905. The van der Waals surface area contributed by atoms with Gasteiger partial charge in [0.25, 0.3) is 0 Å². The molecule has 2 aliphatic rings. The molecule has 1 aromatic carbocycles. The SMILES string of the molecule is CN1C2CCC(C2)C1C(=O)NCc1cc2c(Cl)c[nH]c2cc1F. The van der Waals surface area contributed by atoms with E-state index in [0.29, 0.717) is 28.1 Å². The van der Waals surface area contributed by atoms with Crippen molar-refractivity contribution >= 4 is 28.4 Å². The lowest BCUT2D eigenvalue weighted by Gasteiger charge is -2.30. The van der Waals surface area contributed by atoms with Crippen LogP contribution in [0.2, 0.25) is 5.02 Å². The minimum atomic E-state index is -0.336. The van der Waals surface area contributed by atoms with Crippen molar-refractivity contribution in [3.63, 3.8) is 0 Å². The lowest BCUT2D eigenvalue weighted by molar-refractivity contribution is -0.127. The van der Waals surface area contributed by atoms with E-state index in [2.05, 4.69) is 15.2 Å². The second kappa shape index (κ2) is 5.49. The Labute approximate surface area is 139 Å². The van der Waals surface area contributed by atoms with E-state index >= 15 is 0 Å². The number of nitrogens with zero attached hydrogens (tertiary/aromatic N) is 1. The molecule has 1 aliphatic carbocycles. The van der Waals surface area contributed by atoms with Gasteiger partial charge in [-0.15, -0.1) is 0 Å². The van der Waals surface area contributed by atoms with Crippen molar-refractivity contribution < 1.29 is 9.18 Å². The van der Waals surface area contributed by atoms with Gasteiger partial charge in [0, 0.05) is 35.2 Å². The lowest BCUT2D eigenvalue weighted by Crippen LogP contribution is -2.48. The number of halogens is 2. The van der Waals surface area contributed by atoms with Gasteiger partial charge < -0.3 is 10.3 Å². The topological polar surface area (TPSA) is 48.1 Å². The molecule has 3 atom stereocenters. The number of rotatable bonds is 3. The number of benzene rings is 1. The number of aromatic amines is 1. The highest BCUT2D eigenvalue weighted by Gasteiger charge is 2.47. The van der Waals surface area contributed by atoms with Crippen molar-refractivity contribution in [2.24, 2.45) is 5.92 Å². The summed E-state index contributed by atoms with van der Waals surface area (Å²) in [7, 11) is 2.01. The molecule has 2 N–H and O–H groups in total. The summed E-state index contributed by atoms with van der Waals surface area (Å²) >= 11 is 6.08. The first-order valence-corrected chi connectivity index (χ1v) is 8.37. The third-order valence-corrected chi connectivity index (χ3v) is 5.74. The van der Waals surface area contributed by atoms with Crippen molar-refractivity contribution in [3.8, 4) is 0 Å². The Hall–Kier alpha value is -1.59. The summed E-state index contributed by atoms with van der Waals surface area (Å²) in [6.07, 6.45) is 5.04. The fraction of sp³-hybridized carbons (Fsp3) is 0.471. The monoisotopic (exact) mass is 335 g/mol. The fourth-order valence-corrected chi connectivity index (χ4v) is 4.39. The zero-order valence-corrected chi connectivity index (χ0v) is 13.7. The van der Waals surface area contributed by atoms with E-state index in [1.54, 1.807) is 12.3 Å². The summed E-state index contributed by atoms with van der Waals surface area (Å²) in [4.78, 5) is 17.6. The standard InChI is InChI=1S/C17H19ClFN3O/c1-22-11-3-2-9(4-11)16(22)17(23)21-7-10-5-12-13(18)8-20-15(12)6-14(10)19/h5-6,8-9,11,16,20H,2-4,7H2,1H3,(H,21,23). The molecule has 1 aliphatic heterocycles. The second-order valence-corrected chi connectivity index (χ2v) is 7.09. The van der Waals surface area contributed by atoms with Gasteiger partial charge in [0.2, 0.25) is 5.91 Å². The van der Waals surface area contributed by atoms with E-state index in [9.17, 15) is 9.18 Å². The molecule has 1 amide bonds. The Morgan fingerprint density at radius 3 is 3.04 bits per heavy atom. The minimum Gasteiger partial charge on any atom is -0.360 e. The van der Waals surface area contributed by atoms with Gasteiger partial charge in [0.15, 0.2) is 0 Å². The Kier molecular flexibility index (Phi) is 3.58. The maximum absolute atomic E-state index is 14.2. The lowest BCUT2D eigenvalue weighted by atomic mass is 9.98. The minimum absolute atomic E-state index is 0.000590. The molecule has 122 valence electrons. The molecular weight excluding hydrogens is 317 g/mol. The zero-order chi connectivity index (χ0) is 16.1. The number of piperidine rings is 1. The first-order chi connectivity index (χ1) is 11.0. The van der Waals surface area contributed by atoms with Crippen LogP contribution in [0, 0.1) is 11.7 Å². The van der Waals surface area contributed by atoms with Gasteiger partial charge in [0.1, 0.15) is 5.82 Å². The molecule has 2 fully saturated rings. The number of carbonyl (C=O) groups is 1. The number of amides is 1. The number of nitrogens with one attached hydrogen (secondary N) is 2. The van der Waals surface area contributed by atoms with Crippen molar-refractivity contribution in [3.05, 3.63) is 34.7 Å². The van der Waals surface area contributed by atoms with Crippen molar-refractivity contribution in [2.45, 2.75) is 37.9 Å². The van der Waals surface area contributed by atoms with Gasteiger partial charge in [-0.2, -0.15) is 0 Å². The number of aromatic nitrogens is 1. The molecule has 2 bridgehead atoms. The van der Waals surface area contributed by atoms with E-state index in [1.165, 1.54) is 12.5 Å². The summed E-state index contributed by atoms with van der Waals surface area (Å²) in [5.74, 6) is 0.105. The smallest absolute Gasteiger partial charge is 0.237 e. The zero-order valence-electron chi connectivity index (χ0n) is 12.9. The highest BCUT2D eigenvalue weighted by Crippen LogP contribution is 2.41. The van der Waals surface area contributed by atoms with Crippen molar-refractivity contribution in [1.29, 1.82) is 0 Å². The Balaban J connectivity index is 1.49. The third kappa shape index (κ3) is 2.42. The molecule has 0 radical (unpaired) electrons. The normalized spacial score (nSPS) is 27.0. The number of likely N-dealkylation sites (N-methyl/N-ethyl adjacent to an activating group) is 1. The van der Waals surface area contributed by atoms with Gasteiger partial charge in [-0.1, -0.05) is 11.6 Å². The predicted octanol–water partition coefficient (Wildman–Crippen LogP) is 3.06.